The van der Waals surface area contributed by atoms with E-state index in [2.05, 4.69) is 39.9 Å². The number of rotatable bonds is 5. The summed E-state index contributed by atoms with van der Waals surface area (Å²) < 4.78 is 0. The van der Waals surface area contributed by atoms with E-state index in [9.17, 15) is 0 Å². The van der Waals surface area contributed by atoms with Crippen molar-refractivity contribution in [2.45, 2.75) is 41.0 Å². The summed E-state index contributed by atoms with van der Waals surface area (Å²) >= 11 is 0. The zero-order valence-corrected chi connectivity index (χ0v) is 10.1. The second kappa shape index (κ2) is 11.9. The van der Waals surface area contributed by atoms with Crippen LogP contribution in [0, 0.1) is 11.8 Å². The molecule has 0 aromatic rings. The molecule has 82 valence electrons. The highest BCUT2D eigenvalue weighted by atomic mass is 14.9. The minimum absolute atomic E-state index is 0.781. The van der Waals surface area contributed by atoms with E-state index in [0.29, 0.717) is 0 Å². The van der Waals surface area contributed by atoms with Crippen molar-refractivity contribution in [1.29, 1.82) is 0 Å². The lowest BCUT2D eigenvalue weighted by Gasteiger charge is -2.08. The predicted molar refractivity (Wildman–Crippen MR) is 61.9 cm³/mol. The van der Waals surface area contributed by atoms with Crippen LogP contribution >= 0.6 is 0 Å². The molecule has 0 fully saturated rings. The Balaban J connectivity index is 0. The average molecular weight is 188 g/mol. The molecule has 0 bridgehead atoms. The van der Waals surface area contributed by atoms with Gasteiger partial charge in [0, 0.05) is 0 Å². The molecular weight excluding hydrogens is 160 g/mol. The summed E-state index contributed by atoms with van der Waals surface area (Å²) in [7, 11) is 0. The number of nitrogens with two attached hydrogens (primary N) is 1. The van der Waals surface area contributed by atoms with E-state index in [4.69, 9.17) is 5.73 Å². The Morgan fingerprint density at radius 2 is 1.31 bits per heavy atom. The third-order valence-electron chi connectivity index (χ3n) is 1.39. The topological polar surface area (TPSA) is 38.0 Å². The highest BCUT2D eigenvalue weighted by molar-refractivity contribution is 4.52. The summed E-state index contributed by atoms with van der Waals surface area (Å²) in [4.78, 5) is 0. The van der Waals surface area contributed by atoms with Crippen LogP contribution in [-0.4, -0.2) is 19.6 Å². The lowest BCUT2D eigenvalue weighted by Crippen LogP contribution is -2.23. The van der Waals surface area contributed by atoms with Crippen LogP contribution in [0.4, 0.5) is 0 Å². The lowest BCUT2D eigenvalue weighted by molar-refractivity contribution is 0.497. The van der Waals surface area contributed by atoms with Gasteiger partial charge >= 0.3 is 0 Å². The van der Waals surface area contributed by atoms with Crippen molar-refractivity contribution in [3.63, 3.8) is 0 Å². The monoisotopic (exact) mass is 188 g/mol. The molecule has 0 aliphatic carbocycles. The van der Waals surface area contributed by atoms with Gasteiger partial charge in [-0.1, -0.05) is 34.6 Å². The Labute approximate surface area is 84.3 Å². The van der Waals surface area contributed by atoms with Crippen LogP contribution in [0.25, 0.3) is 0 Å². The quantitative estimate of drug-likeness (QED) is 0.694. The van der Waals surface area contributed by atoms with Crippen LogP contribution in [0.3, 0.4) is 0 Å². The molecule has 2 nitrogen and oxygen atoms in total. The molecule has 0 spiro atoms. The molecule has 0 aliphatic rings. The van der Waals surface area contributed by atoms with Crippen LogP contribution in [0.5, 0.6) is 0 Å². The van der Waals surface area contributed by atoms with Crippen LogP contribution in [0.1, 0.15) is 41.0 Å². The van der Waals surface area contributed by atoms with Crippen molar-refractivity contribution >= 4 is 0 Å². The van der Waals surface area contributed by atoms with Crippen molar-refractivity contribution in [3.8, 4) is 0 Å². The molecule has 0 radical (unpaired) electrons. The van der Waals surface area contributed by atoms with Crippen molar-refractivity contribution in [2.24, 2.45) is 17.6 Å². The van der Waals surface area contributed by atoms with Gasteiger partial charge in [0.1, 0.15) is 0 Å². The summed E-state index contributed by atoms with van der Waals surface area (Å²) in [6, 6.07) is 0. The van der Waals surface area contributed by atoms with Crippen LogP contribution in [0.2, 0.25) is 0 Å². The Morgan fingerprint density at radius 3 is 1.46 bits per heavy atom. The summed E-state index contributed by atoms with van der Waals surface area (Å²) in [5.74, 6) is 1.56. The van der Waals surface area contributed by atoms with E-state index in [-0.39, 0.29) is 0 Å². The number of hydrogen-bond donors (Lipinski definition) is 2. The van der Waals surface area contributed by atoms with Gasteiger partial charge in [-0.25, -0.2) is 0 Å². The maximum absolute atomic E-state index is 5.03. The fraction of sp³-hybridized carbons (Fsp3) is 1.00. The largest absolute Gasteiger partial charge is 0.330 e. The van der Waals surface area contributed by atoms with E-state index in [1.54, 1.807) is 0 Å². The molecule has 0 aromatic carbocycles. The van der Waals surface area contributed by atoms with Crippen LogP contribution < -0.4 is 11.1 Å². The molecule has 2 heteroatoms. The Hall–Kier alpha value is -0.0800. The van der Waals surface area contributed by atoms with Gasteiger partial charge < -0.3 is 11.1 Å². The first-order valence-corrected chi connectivity index (χ1v) is 5.45. The maximum atomic E-state index is 5.03. The molecule has 0 saturated heterocycles. The first-order valence-electron chi connectivity index (χ1n) is 5.45. The zero-order valence-electron chi connectivity index (χ0n) is 10.1. The number of hydrogen-bond acceptors (Lipinski definition) is 2. The van der Waals surface area contributed by atoms with Gasteiger partial charge in [0.2, 0.25) is 0 Å². The summed E-state index contributed by atoms with van der Waals surface area (Å²) in [5, 5.41) is 3.38. The molecule has 0 unspecified atom stereocenters. The van der Waals surface area contributed by atoms with Gasteiger partial charge in [-0.15, -0.1) is 0 Å². The maximum Gasteiger partial charge on any atom is -0.00257 e. The Kier molecular flexibility index (Phi) is 14.1. The molecule has 0 rings (SSSR count). The number of nitrogens with one attached hydrogen (secondary N) is 1. The Morgan fingerprint density at radius 1 is 1.00 bits per heavy atom. The fourth-order valence-corrected chi connectivity index (χ4v) is 0.661. The van der Waals surface area contributed by atoms with E-state index in [1.807, 2.05) is 0 Å². The van der Waals surface area contributed by atoms with Gasteiger partial charge in [0.15, 0.2) is 0 Å². The second-order valence-corrected chi connectivity index (χ2v) is 4.23. The third kappa shape index (κ3) is 24.5. The van der Waals surface area contributed by atoms with Crippen LogP contribution in [0.15, 0.2) is 0 Å². The van der Waals surface area contributed by atoms with E-state index >= 15 is 0 Å². The Bertz CT molecular complexity index is 70.2. The second-order valence-electron chi connectivity index (χ2n) is 4.23. The van der Waals surface area contributed by atoms with Crippen molar-refractivity contribution in [3.05, 3.63) is 0 Å². The smallest absolute Gasteiger partial charge is 0.00257 e. The lowest BCUT2D eigenvalue weighted by atomic mass is 10.2. The normalized spacial score (nSPS) is 10.2. The summed E-state index contributed by atoms with van der Waals surface area (Å²) in [5.41, 5.74) is 5.03. The van der Waals surface area contributed by atoms with Crippen LogP contribution in [-0.2, 0) is 0 Å². The minimum atomic E-state index is 0.781. The predicted octanol–water partition coefficient (Wildman–Crippen LogP) is 2.24. The molecule has 13 heavy (non-hydrogen) atoms. The fourth-order valence-electron chi connectivity index (χ4n) is 0.661. The minimum Gasteiger partial charge on any atom is -0.330 e. The van der Waals surface area contributed by atoms with Gasteiger partial charge in [0.25, 0.3) is 0 Å². The molecule has 0 aliphatic heterocycles. The van der Waals surface area contributed by atoms with Crippen molar-refractivity contribution < 1.29 is 0 Å². The standard InChI is InChI=1S/C8H19N.C3H9N/c1-7(2)5-9-6-8(3)4;1-2-3-4/h7-9H,5-6H2,1-4H3;2-4H2,1H3. The van der Waals surface area contributed by atoms with Gasteiger partial charge in [-0.05, 0) is 37.9 Å². The molecule has 0 amide bonds. The molecule has 0 heterocycles. The summed E-state index contributed by atoms with van der Waals surface area (Å²) in [6.45, 7) is 14.1. The van der Waals surface area contributed by atoms with E-state index in [0.717, 1.165) is 37.9 Å². The molecular formula is C11H28N2. The zero-order chi connectivity index (χ0) is 10.7. The highest BCUT2D eigenvalue weighted by Gasteiger charge is 1.94. The first kappa shape index (κ1) is 15.4. The van der Waals surface area contributed by atoms with Gasteiger partial charge in [0.05, 0.1) is 0 Å². The molecule has 0 aromatic heterocycles. The molecule has 3 N–H and O–H groups in total. The third-order valence-corrected chi connectivity index (χ3v) is 1.39. The van der Waals surface area contributed by atoms with Gasteiger partial charge in [-0.3, -0.25) is 0 Å². The van der Waals surface area contributed by atoms with E-state index < -0.39 is 0 Å². The summed E-state index contributed by atoms with van der Waals surface area (Å²) in [6.07, 6.45) is 1.10. The molecule has 0 saturated carbocycles. The first-order chi connectivity index (χ1) is 6.04. The highest BCUT2D eigenvalue weighted by Crippen LogP contribution is 1.90. The SMILES string of the molecule is CC(C)CNCC(C)C.CCCN. The van der Waals surface area contributed by atoms with E-state index in [1.165, 1.54) is 0 Å². The van der Waals surface area contributed by atoms with Gasteiger partial charge in [-0.2, -0.15) is 0 Å². The molecule has 0 atom stereocenters. The van der Waals surface area contributed by atoms with Crippen molar-refractivity contribution in [1.82, 2.24) is 5.32 Å². The van der Waals surface area contributed by atoms with Crippen molar-refractivity contribution in [2.75, 3.05) is 19.6 Å². The average Bonchev–Trinajstić information content (AvgIpc) is 2.03.